The lowest BCUT2D eigenvalue weighted by atomic mass is 10.4. The van der Waals surface area contributed by atoms with Crippen LogP contribution in [0.3, 0.4) is 0 Å². The van der Waals surface area contributed by atoms with Crippen molar-refractivity contribution in [2.75, 3.05) is 13.2 Å². The van der Waals surface area contributed by atoms with Crippen molar-refractivity contribution in [3.63, 3.8) is 0 Å². The van der Waals surface area contributed by atoms with Gasteiger partial charge in [0.05, 0.1) is 13.2 Å². The topological polar surface area (TPSA) is 41.8 Å². The van der Waals surface area contributed by atoms with Gasteiger partial charge in [0.1, 0.15) is 18.5 Å². The zero-order chi connectivity index (χ0) is 11.8. The molecule has 0 radical (unpaired) electrons. The maximum absolute atomic E-state index is 8.63. The Labute approximate surface area is 97.1 Å². The Balaban J connectivity index is 2.34. The minimum absolute atomic E-state index is 0.422. The second-order valence-electron chi connectivity index (χ2n) is 3.79. The lowest BCUT2D eigenvalue weighted by molar-refractivity contribution is -0.703. The molecule has 1 aromatic rings. The lowest BCUT2D eigenvalue weighted by Gasteiger charge is -2.01. The van der Waals surface area contributed by atoms with Crippen LogP contribution in [0.4, 0.5) is 0 Å². The van der Waals surface area contributed by atoms with Crippen molar-refractivity contribution in [1.82, 2.24) is 4.57 Å². The molecule has 0 aliphatic rings. The molecule has 1 aromatic heterocycles. The fourth-order valence-corrected chi connectivity index (χ4v) is 1.60. The van der Waals surface area contributed by atoms with Crippen LogP contribution in [0.2, 0.25) is 0 Å². The van der Waals surface area contributed by atoms with E-state index in [9.17, 15) is 0 Å². The molecular weight excluding hydrogens is 202 g/mol. The van der Waals surface area contributed by atoms with Crippen LogP contribution in [0.1, 0.15) is 25.6 Å². The second kappa shape index (κ2) is 7.02. The largest absolute Gasteiger partial charge is 0.381 e. The molecule has 0 atom stereocenters. The first-order valence-corrected chi connectivity index (χ1v) is 5.79. The summed E-state index contributed by atoms with van der Waals surface area (Å²) in [5.74, 6) is 1.12. The van der Waals surface area contributed by atoms with Crippen LogP contribution >= 0.6 is 0 Å². The predicted molar refractivity (Wildman–Crippen MR) is 60.7 cm³/mol. The monoisotopic (exact) mass is 222 g/mol. The van der Waals surface area contributed by atoms with Crippen LogP contribution in [-0.4, -0.2) is 17.8 Å². The molecule has 1 rings (SSSR count). The molecule has 0 aliphatic carbocycles. The second-order valence-corrected chi connectivity index (χ2v) is 3.79. The number of imidazole rings is 1. The molecule has 0 bridgehead atoms. The number of nitrogens with zero attached hydrogens (tertiary/aromatic N) is 3. The third-order valence-electron chi connectivity index (χ3n) is 2.54. The number of hydrogen-bond donors (Lipinski definition) is 0. The molecule has 0 spiro atoms. The molecule has 4 nitrogen and oxygen atoms in total. The third kappa shape index (κ3) is 3.67. The molecule has 0 unspecified atom stereocenters. The summed E-state index contributed by atoms with van der Waals surface area (Å²) in [6.45, 7) is 7.17. The molecule has 16 heavy (non-hydrogen) atoms. The Kier molecular flexibility index (Phi) is 5.58. The fraction of sp³-hybridized carbons (Fsp3) is 0.667. The Morgan fingerprint density at radius 1 is 1.50 bits per heavy atom. The Morgan fingerprint density at radius 2 is 2.31 bits per heavy atom. The molecular formula is C12H20N3O+. The van der Waals surface area contributed by atoms with E-state index < -0.39 is 0 Å². The number of hydrogen-bond acceptors (Lipinski definition) is 2. The molecule has 0 fully saturated rings. The molecule has 0 saturated heterocycles. The van der Waals surface area contributed by atoms with Crippen molar-refractivity contribution in [2.24, 2.45) is 0 Å². The number of aryl methyl sites for hydroxylation is 1. The van der Waals surface area contributed by atoms with Gasteiger partial charge in [-0.1, -0.05) is 6.92 Å². The van der Waals surface area contributed by atoms with Crippen LogP contribution in [0, 0.1) is 18.3 Å². The summed E-state index contributed by atoms with van der Waals surface area (Å²) in [7, 11) is 0. The number of aromatic nitrogens is 2. The van der Waals surface area contributed by atoms with Crippen LogP contribution in [-0.2, 0) is 17.8 Å². The molecule has 1 heterocycles. The average molecular weight is 222 g/mol. The Hall–Kier alpha value is -1.34. The minimum Gasteiger partial charge on any atom is -0.381 e. The van der Waals surface area contributed by atoms with Crippen LogP contribution in [0.15, 0.2) is 12.4 Å². The zero-order valence-corrected chi connectivity index (χ0v) is 10.1. The molecule has 0 aliphatic heterocycles. The summed E-state index contributed by atoms with van der Waals surface area (Å²) < 4.78 is 9.54. The SMILES string of the molecule is CCCOCCC[n+]1ccn(CC#N)c1C. The van der Waals surface area contributed by atoms with Gasteiger partial charge in [-0.25, -0.2) is 9.13 Å². The van der Waals surface area contributed by atoms with Gasteiger partial charge in [-0.2, -0.15) is 5.26 Å². The summed E-state index contributed by atoms with van der Waals surface area (Å²) in [6.07, 6.45) is 6.06. The van der Waals surface area contributed by atoms with Gasteiger partial charge in [0.25, 0.3) is 5.82 Å². The number of rotatable bonds is 7. The van der Waals surface area contributed by atoms with Gasteiger partial charge in [-0.15, -0.1) is 0 Å². The maximum atomic E-state index is 8.63. The fourth-order valence-electron chi connectivity index (χ4n) is 1.60. The van der Waals surface area contributed by atoms with Crippen molar-refractivity contribution in [1.29, 1.82) is 5.26 Å². The van der Waals surface area contributed by atoms with Gasteiger partial charge in [0, 0.05) is 20.0 Å². The number of nitriles is 1. The van der Waals surface area contributed by atoms with Crippen molar-refractivity contribution < 1.29 is 9.30 Å². The van der Waals surface area contributed by atoms with Crippen LogP contribution < -0.4 is 4.57 Å². The average Bonchev–Trinajstić information content (AvgIpc) is 2.62. The highest BCUT2D eigenvalue weighted by Gasteiger charge is 2.10. The van der Waals surface area contributed by atoms with E-state index in [0.717, 1.165) is 38.4 Å². The van der Waals surface area contributed by atoms with Gasteiger partial charge in [0.15, 0.2) is 6.54 Å². The standard InChI is InChI=1S/C12H20N3O/c1-3-10-16-11-4-6-14-8-9-15(7-5-13)12(14)2/h8-9H,3-4,6-7,10-11H2,1-2H3/q+1. The number of ether oxygens (including phenoxy) is 1. The summed E-state index contributed by atoms with van der Waals surface area (Å²) in [4.78, 5) is 0. The highest BCUT2D eigenvalue weighted by Crippen LogP contribution is 1.94. The van der Waals surface area contributed by atoms with Gasteiger partial charge in [-0.05, 0) is 6.42 Å². The third-order valence-corrected chi connectivity index (χ3v) is 2.54. The van der Waals surface area contributed by atoms with Gasteiger partial charge in [0.2, 0.25) is 0 Å². The zero-order valence-electron chi connectivity index (χ0n) is 10.1. The molecule has 0 amide bonds. The molecule has 88 valence electrons. The maximum Gasteiger partial charge on any atom is 0.254 e. The van der Waals surface area contributed by atoms with E-state index in [2.05, 4.69) is 17.6 Å². The van der Waals surface area contributed by atoms with Crippen molar-refractivity contribution in [2.45, 2.75) is 39.8 Å². The van der Waals surface area contributed by atoms with Crippen molar-refractivity contribution >= 4 is 0 Å². The van der Waals surface area contributed by atoms with Crippen molar-refractivity contribution in [3.8, 4) is 6.07 Å². The lowest BCUT2D eigenvalue weighted by Crippen LogP contribution is -2.36. The first-order valence-electron chi connectivity index (χ1n) is 5.79. The van der Waals surface area contributed by atoms with E-state index in [0.29, 0.717) is 6.54 Å². The first kappa shape index (κ1) is 12.7. The Morgan fingerprint density at radius 3 is 3.00 bits per heavy atom. The van der Waals surface area contributed by atoms with Crippen LogP contribution in [0.25, 0.3) is 0 Å². The van der Waals surface area contributed by atoms with E-state index in [4.69, 9.17) is 10.00 Å². The van der Waals surface area contributed by atoms with Crippen LogP contribution in [0.5, 0.6) is 0 Å². The first-order chi connectivity index (χ1) is 7.79. The predicted octanol–water partition coefficient (Wildman–Crippen LogP) is 1.42. The molecule has 4 heteroatoms. The minimum atomic E-state index is 0.422. The Bertz CT molecular complexity index is 352. The van der Waals surface area contributed by atoms with Gasteiger partial charge in [-0.3, -0.25) is 0 Å². The normalized spacial score (nSPS) is 10.3. The molecule has 0 aromatic carbocycles. The van der Waals surface area contributed by atoms with Crippen molar-refractivity contribution in [3.05, 3.63) is 18.2 Å². The summed E-state index contributed by atoms with van der Waals surface area (Å²) in [5.41, 5.74) is 0. The van der Waals surface area contributed by atoms with E-state index >= 15 is 0 Å². The molecule has 0 saturated carbocycles. The highest BCUT2D eigenvalue weighted by molar-refractivity contribution is 4.84. The summed E-state index contributed by atoms with van der Waals surface area (Å²) in [6, 6.07) is 2.15. The smallest absolute Gasteiger partial charge is 0.254 e. The highest BCUT2D eigenvalue weighted by atomic mass is 16.5. The van der Waals surface area contributed by atoms with E-state index in [1.807, 2.05) is 23.9 Å². The van der Waals surface area contributed by atoms with E-state index in [1.165, 1.54) is 0 Å². The van der Waals surface area contributed by atoms with E-state index in [1.54, 1.807) is 0 Å². The van der Waals surface area contributed by atoms with Gasteiger partial charge >= 0.3 is 0 Å². The summed E-state index contributed by atoms with van der Waals surface area (Å²) >= 11 is 0. The van der Waals surface area contributed by atoms with Gasteiger partial charge < -0.3 is 4.74 Å². The summed E-state index contributed by atoms with van der Waals surface area (Å²) in [5, 5.41) is 8.63. The molecule has 0 N–H and O–H groups in total. The quantitative estimate of drug-likeness (QED) is 0.517. The van der Waals surface area contributed by atoms with E-state index in [-0.39, 0.29) is 0 Å².